The van der Waals surface area contributed by atoms with Crippen LogP contribution in [0.1, 0.15) is 56.3 Å². The molecule has 1 aromatic heterocycles. The molecule has 1 amide bonds. The van der Waals surface area contributed by atoms with Gasteiger partial charge in [0.25, 0.3) is 0 Å². The first-order valence-electron chi connectivity index (χ1n) is 9.05. The first-order valence-corrected chi connectivity index (χ1v) is 9.05. The van der Waals surface area contributed by atoms with Gasteiger partial charge in [0.1, 0.15) is 0 Å². The van der Waals surface area contributed by atoms with Crippen LogP contribution in [0.15, 0.2) is 6.07 Å². The zero-order chi connectivity index (χ0) is 16.2. The van der Waals surface area contributed by atoms with Crippen LogP contribution in [0.25, 0.3) is 0 Å². The van der Waals surface area contributed by atoms with E-state index in [2.05, 4.69) is 27.7 Å². The third-order valence-electron chi connectivity index (χ3n) is 5.14. The molecule has 5 nitrogen and oxygen atoms in total. The number of likely N-dealkylation sites (tertiary alicyclic amines) is 1. The molecule has 1 aromatic rings. The van der Waals surface area contributed by atoms with Crippen molar-refractivity contribution in [3.8, 4) is 0 Å². The Labute approximate surface area is 139 Å². The lowest BCUT2D eigenvalue weighted by Gasteiger charge is -2.36. The van der Waals surface area contributed by atoms with Crippen LogP contribution in [-0.2, 0) is 16.1 Å². The van der Waals surface area contributed by atoms with Gasteiger partial charge < -0.3 is 9.64 Å². The van der Waals surface area contributed by atoms with Crippen molar-refractivity contribution in [1.82, 2.24) is 14.7 Å². The standard InChI is InChI=1S/C18H29N3O2/c1-14-12-15(2)21(19-14)13-16-6-3-4-10-20(16)18(22)9-8-17-7-5-11-23-17/h12,16-17H,3-11,13H2,1-2H3/t16-,17+/m1/s1. The van der Waals surface area contributed by atoms with Gasteiger partial charge >= 0.3 is 0 Å². The molecule has 0 aromatic carbocycles. The lowest BCUT2D eigenvalue weighted by Crippen LogP contribution is -2.46. The largest absolute Gasteiger partial charge is 0.378 e. The molecule has 2 aliphatic rings. The zero-order valence-electron chi connectivity index (χ0n) is 14.5. The minimum Gasteiger partial charge on any atom is -0.378 e. The van der Waals surface area contributed by atoms with Crippen LogP contribution in [-0.4, -0.2) is 45.9 Å². The molecule has 2 saturated heterocycles. The van der Waals surface area contributed by atoms with E-state index in [0.717, 1.165) is 57.5 Å². The second-order valence-electron chi connectivity index (χ2n) is 7.02. The highest BCUT2D eigenvalue weighted by Gasteiger charge is 2.28. The number of hydrogen-bond acceptors (Lipinski definition) is 3. The minimum atomic E-state index is 0.291. The van der Waals surface area contributed by atoms with Crippen molar-refractivity contribution < 1.29 is 9.53 Å². The van der Waals surface area contributed by atoms with E-state index < -0.39 is 0 Å². The molecule has 2 atom stereocenters. The van der Waals surface area contributed by atoms with E-state index in [-0.39, 0.29) is 0 Å². The average molecular weight is 319 g/mol. The van der Waals surface area contributed by atoms with Gasteiger partial charge in [-0.05, 0) is 58.4 Å². The fraction of sp³-hybridized carbons (Fsp3) is 0.778. The number of hydrogen-bond donors (Lipinski definition) is 0. The fourth-order valence-corrected chi connectivity index (χ4v) is 3.88. The highest BCUT2D eigenvalue weighted by Crippen LogP contribution is 2.22. The topological polar surface area (TPSA) is 47.4 Å². The van der Waals surface area contributed by atoms with E-state index in [1.54, 1.807) is 0 Å². The summed E-state index contributed by atoms with van der Waals surface area (Å²) in [7, 11) is 0. The minimum absolute atomic E-state index is 0.291. The molecule has 0 radical (unpaired) electrons. The van der Waals surface area contributed by atoms with Gasteiger partial charge in [-0.1, -0.05) is 0 Å². The molecule has 0 spiro atoms. The Balaban J connectivity index is 1.58. The molecule has 0 unspecified atom stereocenters. The number of rotatable bonds is 5. The van der Waals surface area contributed by atoms with E-state index in [1.165, 1.54) is 12.1 Å². The van der Waals surface area contributed by atoms with Gasteiger partial charge in [-0.3, -0.25) is 9.48 Å². The molecular formula is C18H29N3O2. The van der Waals surface area contributed by atoms with Crippen LogP contribution in [0, 0.1) is 13.8 Å². The number of piperidine rings is 1. The summed E-state index contributed by atoms with van der Waals surface area (Å²) in [5.41, 5.74) is 2.23. The highest BCUT2D eigenvalue weighted by atomic mass is 16.5. The second-order valence-corrected chi connectivity index (χ2v) is 7.02. The lowest BCUT2D eigenvalue weighted by atomic mass is 10.0. The number of carbonyl (C=O) groups is 1. The molecule has 0 bridgehead atoms. The van der Waals surface area contributed by atoms with E-state index in [9.17, 15) is 4.79 Å². The molecule has 0 saturated carbocycles. The van der Waals surface area contributed by atoms with Crippen molar-refractivity contribution in [2.75, 3.05) is 13.2 Å². The highest BCUT2D eigenvalue weighted by molar-refractivity contribution is 5.76. The van der Waals surface area contributed by atoms with Gasteiger partial charge in [-0.2, -0.15) is 5.10 Å². The van der Waals surface area contributed by atoms with Crippen LogP contribution in [0.4, 0.5) is 0 Å². The van der Waals surface area contributed by atoms with Gasteiger partial charge in [-0.15, -0.1) is 0 Å². The van der Waals surface area contributed by atoms with E-state index in [4.69, 9.17) is 4.74 Å². The van der Waals surface area contributed by atoms with Gasteiger partial charge in [0, 0.05) is 25.3 Å². The molecule has 5 heteroatoms. The van der Waals surface area contributed by atoms with Crippen molar-refractivity contribution >= 4 is 5.91 Å². The Morgan fingerprint density at radius 3 is 2.87 bits per heavy atom. The zero-order valence-corrected chi connectivity index (χ0v) is 14.5. The number of aryl methyl sites for hydroxylation is 2. The monoisotopic (exact) mass is 319 g/mol. The van der Waals surface area contributed by atoms with Crippen LogP contribution < -0.4 is 0 Å². The fourth-order valence-electron chi connectivity index (χ4n) is 3.88. The van der Waals surface area contributed by atoms with Crippen molar-refractivity contribution in [2.24, 2.45) is 0 Å². The molecular weight excluding hydrogens is 290 g/mol. The number of nitrogens with zero attached hydrogens (tertiary/aromatic N) is 3. The molecule has 2 aliphatic heterocycles. The molecule has 0 aliphatic carbocycles. The number of aromatic nitrogens is 2. The molecule has 3 heterocycles. The summed E-state index contributed by atoms with van der Waals surface area (Å²) >= 11 is 0. The lowest BCUT2D eigenvalue weighted by molar-refractivity contribution is -0.135. The molecule has 23 heavy (non-hydrogen) atoms. The maximum Gasteiger partial charge on any atom is 0.222 e. The summed E-state index contributed by atoms with van der Waals surface area (Å²) in [5.74, 6) is 0.298. The normalized spacial score (nSPS) is 25.0. The van der Waals surface area contributed by atoms with Crippen molar-refractivity contribution in [3.63, 3.8) is 0 Å². The number of ether oxygens (including phenoxy) is 1. The summed E-state index contributed by atoms with van der Waals surface area (Å²) in [6, 6.07) is 2.39. The van der Waals surface area contributed by atoms with Gasteiger partial charge in [0.05, 0.1) is 24.4 Å². The summed E-state index contributed by atoms with van der Waals surface area (Å²) in [6.45, 7) is 6.70. The Morgan fingerprint density at radius 1 is 1.30 bits per heavy atom. The molecule has 2 fully saturated rings. The predicted molar refractivity (Wildman–Crippen MR) is 89.3 cm³/mol. The van der Waals surface area contributed by atoms with Crippen LogP contribution in [0.2, 0.25) is 0 Å². The van der Waals surface area contributed by atoms with Crippen molar-refractivity contribution in [2.45, 2.75) is 77.5 Å². The molecule has 3 rings (SSSR count). The Hall–Kier alpha value is -1.36. The summed E-state index contributed by atoms with van der Waals surface area (Å²) < 4.78 is 7.71. The molecule has 128 valence electrons. The SMILES string of the molecule is Cc1cc(C)n(C[C@H]2CCCCN2C(=O)CC[C@@H]2CCCO2)n1. The average Bonchev–Trinajstić information content (AvgIpc) is 3.15. The Bertz CT molecular complexity index is 534. The van der Waals surface area contributed by atoms with Crippen molar-refractivity contribution in [1.29, 1.82) is 0 Å². The molecule has 0 N–H and O–H groups in total. The van der Waals surface area contributed by atoms with E-state index in [1.807, 2.05) is 6.92 Å². The van der Waals surface area contributed by atoms with E-state index >= 15 is 0 Å². The maximum absolute atomic E-state index is 12.7. The Morgan fingerprint density at radius 2 is 2.17 bits per heavy atom. The van der Waals surface area contributed by atoms with Crippen LogP contribution in [0.3, 0.4) is 0 Å². The summed E-state index contributed by atoms with van der Waals surface area (Å²) in [6.07, 6.45) is 7.48. The first-order chi connectivity index (χ1) is 11.1. The van der Waals surface area contributed by atoms with Gasteiger partial charge in [-0.25, -0.2) is 0 Å². The van der Waals surface area contributed by atoms with Crippen molar-refractivity contribution in [3.05, 3.63) is 17.5 Å². The maximum atomic E-state index is 12.7. The van der Waals surface area contributed by atoms with Crippen LogP contribution in [0.5, 0.6) is 0 Å². The smallest absolute Gasteiger partial charge is 0.222 e. The second kappa shape index (κ2) is 7.47. The predicted octanol–water partition coefficient (Wildman–Crippen LogP) is 2.84. The van der Waals surface area contributed by atoms with Crippen LogP contribution >= 0.6 is 0 Å². The third kappa shape index (κ3) is 4.14. The third-order valence-corrected chi connectivity index (χ3v) is 5.14. The van der Waals surface area contributed by atoms with Gasteiger partial charge in [0.15, 0.2) is 0 Å². The number of carbonyl (C=O) groups excluding carboxylic acids is 1. The quantitative estimate of drug-likeness (QED) is 0.838. The Kier molecular flexibility index (Phi) is 5.36. The summed E-state index contributed by atoms with van der Waals surface area (Å²) in [4.78, 5) is 14.8. The first kappa shape index (κ1) is 16.5. The summed E-state index contributed by atoms with van der Waals surface area (Å²) in [5, 5.41) is 4.57. The van der Waals surface area contributed by atoms with E-state index in [0.29, 0.717) is 24.5 Å². The number of amides is 1. The van der Waals surface area contributed by atoms with Gasteiger partial charge in [0.2, 0.25) is 5.91 Å².